The summed E-state index contributed by atoms with van der Waals surface area (Å²) < 4.78 is 5.12. The molecule has 1 atom stereocenters. The maximum atomic E-state index is 12.7. The van der Waals surface area contributed by atoms with Gasteiger partial charge in [-0.1, -0.05) is 5.16 Å². The van der Waals surface area contributed by atoms with Gasteiger partial charge < -0.3 is 24.7 Å². The highest BCUT2D eigenvalue weighted by atomic mass is 16.7. The summed E-state index contributed by atoms with van der Waals surface area (Å²) in [5, 5.41) is 6.90. The number of ether oxygens (including phenoxy) is 1. The van der Waals surface area contributed by atoms with E-state index in [1.807, 2.05) is 9.80 Å². The zero-order valence-corrected chi connectivity index (χ0v) is 16.1. The van der Waals surface area contributed by atoms with E-state index in [1.165, 1.54) is 0 Å². The maximum absolute atomic E-state index is 12.7. The molecule has 1 spiro atoms. The van der Waals surface area contributed by atoms with Crippen LogP contribution < -0.4 is 10.1 Å². The lowest BCUT2D eigenvalue weighted by molar-refractivity contribution is -0.110. The average Bonchev–Trinajstić information content (AvgIpc) is 3.39. The number of amides is 3. The summed E-state index contributed by atoms with van der Waals surface area (Å²) >= 11 is 0. The highest BCUT2D eigenvalue weighted by molar-refractivity contribution is 6.43. The van der Waals surface area contributed by atoms with E-state index < -0.39 is 5.60 Å². The number of carbonyl (C=O) groups excluding carboxylic acids is 2. The number of nitrogens with zero attached hydrogens (tertiary/aromatic N) is 3. The summed E-state index contributed by atoms with van der Waals surface area (Å²) in [4.78, 5) is 34.8. The monoisotopic (exact) mass is 386 g/mol. The lowest BCUT2D eigenvalue weighted by Gasteiger charge is -2.39. The molecule has 8 heteroatoms. The number of urea groups is 1. The first kappa shape index (κ1) is 18.6. The van der Waals surface area contributed by atoms with E-state index in [0.29, 0.717) is 24.4 Å². The van der Waals surface area contributed by atoms with Gasteiger partial charge in [0.2, 0.25) is 0 Å². The van der Waals surface area contributed by atoms with E-state index in [9.17, 15) is 9.59 Å². The lowest BCUT2D eigenvalue weighted by atomic mass is 9.88. The van der Waals surface area contributed by atoms with Crippen LogP contribution in [-0.4, -0.2) is 66.3 Å². The van der Waals surface area contributed by atoms with Crippen molar-refractivity contribution in [2.45, 2.75) is 37.7 Å². The average molecular weight is 386 g/mol. The van der Waals surface area contributed by atoms with Gasteiger partial charge in [-0.05, 0) is 49.9 Å². The third kappa shape index (κ3) is 3.76. The fraction of sp³-hybridized carbons (Fsp3) is 0.550. The largest absolute Gasteiger partial charge is 0.497 e. The third-order valence-corrected chi connectivity index (χ3v) is 5.64. The topological polar surface area (TPSA) is 83.5 Å². The van der Waals surface area contributed by atoms with E-state index in [-0.39, 0.29) is 11.9 Å². The van der Waals surface area contributed by atoms with Crippen LogP contribution in [0.3, 0.4) is 0 Å². The lowest BCUT2D eigenvalue weighted by Crippen LogP contribution is -2.53. The van der Waals surface area contributed by atoms with Gasteiger partial charge in [-0.15, -0.1) is 0 Å². The van der Waals surface area contributed by atoms with Crippen molar-refractivity contribution >= 4 is 23.3 Å². The summed E-state index contributed by atoms with van der Waals surface area (Å²) in [5.41, 5.74) is 0.454. The van der Waals surface area contributed by atoms with Crippen LogP contribution in [0.15, 0.2) is 29.4 Å². The molecule has 0 unspecified atom stereocenters. The smallest absolute Gasteiger partial charge is 0.320 e. The number of rotatable bonds is 3. The predicted octanol–water partition coefficient (Wildman–Crippen LogP) is 2.46. The van der Waals surface area contributed by atoms with Crippen molar-refractivity contribution < 1.29 is 19.2 Å². The highest BCUT2D eigenvalue weighted by Crippen LogP contribution is 2.34. The second-order valence-corrected chi connectivity index (χ2v) is 7.67. The fourth-order valence-electron chi connectivity index (χ4n) is 4.11. The maximum Gasteiger partial charge on any atom is 0.320 e. The van der Waals surface area contributed by atoms with Crippen molar-refractivity contribution in [1.29, 1.82) is 0 Å². The molecule has 2 fully saturated rings. The fourth-order valence-corrected chi connectivity index (χ4v) is 4.11. The van der Waals surface area contributed by atoms with Crippen LogP contribution in [0.5, 0.6) is 5.75 Å². The molecule has 0 aromatic heterocycles. The van der Waals surface area contributed by atoms with Crippen LogP contribution in [-0.2, 0) is 9.63 Å². The summed E-state index contributed by atoms with van der Waals surface area (Å²) in [6, 6.07) is 7.20. The Morgan fingerprint density at radius 3 is 2.54 bits per heavy atom. The van der Waals surface area contributed by atoms with Crippen LogP contribution in [0, 0.1) is 0 Å². The Morgan fingerprint density at radius 2 is 1.82 bits per heavy atom. The number of benzene rings is 1. The number of hydrogen-bond acceptors (Lipinski definition) is 5. The second kappa shape index (κ2) is 7.69. The molecule has 8 nitrogen and oxygen atoms in total. The van der Waals surface area contributed by atoms with Gasteiger partial charge in [-0.25, -0.2) is 4.79 Å². The zero-order chi connectivity index (χ0) is 19.6. The molecule has 4 rings (SSSR count). The van der Waals surface area contributed by atoms with Gasteiger partial charge in [0, 0.05) is 31.7 Å². The van der Waals surface area contributed by atoms with Crippen molar-refractivity contribution in [3.63, 3.8) is 0 Å². The first-order valence-electron chi connectivity index (χ1n) is 9.83. The minimum atomic E-state index is -0.583. The number of methoxy groups -OCH3 is 1. The quantitative estimate of drug-likeness (QED) is 0.865. The van der Waals surface area contributed by atoms with E-state index in [1.54, 1.807) is 31.4 Å². The van der Waals surface area contributed by atoms with E-state index >= 15 is 0 Å². The van der Waals surface area contributed by atoms with Gasteiger partial charge in [0.05, 0.1) is 13.7 Å². The molecule has 3 amide bonds. The molecular formula is C20H26N4O4. The van der Waals surface area contributed by atoms with Gasteiger partial charge >= 0.3 is 6.03 Å². The normalized spacial score (nSPS) is 24.1. The molecule has 1 N–H and O–H groups in total. The number of piperidine rings is 1. The molecule has 0 saturated carbocycles. The molecule has 3 heterocycles. The summed E-state index contributed by atoms with van der Waals surface area (Å²) in [6.07, 6.45) is 4.20. The Kier molecular flexibility index (Phi) is 5.11. The van der Waals surface area contributed by atoms with E-state index in [4.69, 9.17) is 9.57 Å². The minimum absolute atomic E-state index is 0.0799. The third-order valence-electron chi connectivity index (χ3n) is 5.64. The summed E-state index contributed by atoms with van der Waals surface area (Å²) in [6.45, 7) is 2.86. The molecule has 1 aromatic rings. The number of nitrogens with one attached hydrogen (secondary N) is 1. The van der Waals surface area contributed by atoms with Crippen molar-refractivity contribution in [2.75, 3.05) is 38.6 Å². The van der Waals surface area contributed by atoms with Gasteiger partial charge in [0.1, 0.15) is 11.5 Å². The number of anilines is 1. The van der Waals surface area contributed by atoms with E-state index in [0.717, 1.165) is 51.1 Å². The number of likely N-dealkylation sites (tertiary alicyclic amines) is 2. The number of carbonyl (C=O) groups is 2. The van der Waals surface area contributed by atoms with Crippen molar-refractivity contribution in [3.8, 4) is 5.75 Å². The molecule has 1 aromatic carbocycles. The Labute approximate surface area is 164 Å². The highest BCUT2D eigenvalue weighted by Gasteiger charge is 2.46. The zero-order valence-electron chi connectivity index (χ0n) is 16.1. The molecule has 150 valence electrons. The molecule has 28 heavy (non-hydrogen) atoms. The molecule has 0 aliphatic carbocycles. The van der Waals surface area contributed by atoms with Gasteiger partial charge in [0.25, 0.3) is 5.91 Å². The van der Waals surface area contributed by atoms with Crippen molar-refractivity contribution in [3.05, 3.63) is 24.3 Å². The molecule has 2 saturated heterocycles. The molecule has 0 radical (unpaired) electrons. The molecule has 3 aliphatic rings. The summed E-state index contributed by atoms with van der Waals surface area (Å²) in [5.74, 6) is 0.452. The molecule has 3 aliphatic heterocycles. The predicted molar refractivity (Wildman–Crippen MR) is 105 cm³/mol. The van der Waals surface area contributed by atoms with E-state index in [2.05, 4.69) is 10.5 Å². The summed E-state index contributed by atoms with van der Waals surface area (Å²) in [7, 11) is 1.60. The van der Waals surface area contributed by atoms with Crippen LogP contribution in [0.2, 0.25) is 0 Å². The molecule has 0 bridgehead atoms. The SMILES string of the molecule is COc1ccc(NC(=O)C2=NO[C@@]3(CCCN(C(=O)N4CCCC4)C3)C2)cc1. The molecular weight excluding hydrogens is 360 g/mol. The van der Waals surface area contributed by atoms with Gasteiger partial charge in [0.15, 0.2) is 5.60 Å². The van der Waals surface area contributed by atoms with Crippen LogP contribution in [0.25, 0.3) is 0 Å². The Hall–Kier alpha value is -2.77. The minimum Gasteiger partial charge on any atom is -0.497 e. The van der Waals surface area contributed by atoms with Crippen LogP contribution >= 0.6 is 0 Å². The van der Waals surface area contributed by atoms with Gasteiger partial charge in [-0.3, -0.25) is 4.79 Å². The Balaban J connectivity index is 1.36. The number of oxime groups is 1. The van der Waals surface area contributed by atoms with Gasteiger partial charge in [-0.2, -0.15) is 0 Å². The first-order valence-corrected chi connectivity index (χ1v) is 9.83. The number of hydrogen-bond donors (Lipinski definition) is 1. The first-order chi connectivity index (χ1) is 13.6. The van der Waals surface area contributed by atoms with Crippen molar-refractivity contribution in [2.24, 2.45) is 5.16 Å². The Morgan fingerprint density at radius 1 is 1.11 bits per heavy atom. The Bertz CT molecular complexity index is 773. The van der Waals surface area contributed by atoms with Crippen LogP contribution in [0.4, 0.5) is 10.5 Å². The standard InChI is InChI=1S/C20H26N4O4/c1-27-16-7-5-15(6-8-16)21-18(25)17-13-20(28-22-17)9-4-12-24(14-20)19(26)23-10-2-3-11-23/h5-8H,2-4,9-14H2,1H3,(H,21,25)/t20-/m0/s1. The van der Waals surface area contributed by atoms with Crippen molar-refractivity contribution in [1.82, 2.24) is 9.80 Å². The second-order valence-electron chi connectivity index (χ2n) is 7.67. The van der Waals surface area contributed by atoms with Crippen LogP contribution in [0.1, 0.15) is 32.1 Å².